The fraction of sp³-hybridized carbons (Fsp3) is 0.375. The number of anilines is 2. The summed E-state index contributed by atoms with van der Waals surface area (Å²) in [7, 11) is -4.28. The Morgan fingerprint density at radius 2 is 1.77 bits per heavy atom. The summed E-state index contributed by atoms with van der Waals surface area (Å²) in [6.07, 6.45) is 3.69. The quantitative estimate of drug-likeness (QED) is 0.709. The van der Waals surface area contributed by atoms with Crippen LogP contribution in [0.2, 0.25) is 0 Å². The van der Waals surface area contributed by atoms with E-state index in [0.717, 1.165) is 49.9 Å². The van der Waals surface area contributed by atoms with E-state index in [1.54, 1.807) is 6.07 Å². The van der Waals surface area contributed by atoms with Gasteiger partial charge in [0.25, 0.3) is 0 Å². The summed E-state index contributed by atoms with van der Waals surface area (Å²) >= 11 is 0. The molecule has 2 N–H and O–H groups in total. The van der Waals surface area contributed by atoms with Crippen molar-refractivity contribution in [2.24, 2.45) is 0 Å². The first-order chi connectivity index (χ1) is 12.5. The molecule has 0 amide bonds. The van der Waals surface area contributed by atoms with Gasteiger partial charge in [0, 0.05) is 32.2 Å². The van der Waals surface area contributed by atoms with Crippen LogP contribution in [0.4, 0.5) is 20.4 Å². The van der Waals surface area contributed by atoms with Crippen LogP contribution >= 0.6 is 0 Å². The van der Waals surface area contributed by atoms with Gasteiger partial charge in [-0.05, 0) is 25.0 Å². The minimum atomic E-state index is -4.28. The van der Waals surface area contributed by atoms with Crippen molar-refractivity contribution in [1.82, 2.24) is 14.7 Å². The molecule has 0 radical (unpaired) electrons. The summed E-state index contributed by atoms with van der Waals surface area (Å²) in [4.78, 5) is 9.49. The molecule has 0 atom stereocenters. The van der Waals surface area contributed by atoms with E-state index in [-0.39, 0.29) is 13.1 Å². The lowest BCUT2D eigenvalue weighted by Crippen LogP contribution is -2.30. The summed E-state index contributed by atoms with van der Waals surface area (Å²) in [5, 5.41) is 2.97. The highest BCUT2D eigenvalue weighted by Gasteiger charge is 2.23. The van der Waals surface area contributed by atoms with Gasteiger partial charge in [-0.25, -0.2) is 31.9 Å². The van der Waals surface area contributed by atoms with Crippen LogP contribution in [0.5, 0.6) is 0 Å². The van der Waals surface area contributed by atoms with E-state index in [1.165, 1.54) is 6.33 Å². The van der Waals surface area contributed by atoms with Crippen molar-refractivity contribution in [3.63, 3.8) is 0 Å². The van der Waals surface area contributed by atoms with Gasteiger partial charge in [0.2, 0.25) is 10.0 Å². The second-order valence-corrected chi connectivity index (χ2v) is 7.53. The van der Waals surface area contributed by atoms with Gasteiger partial charge in [0.1, 0.15) is 29.6 Å². The van der Waals surface area contributed by atoms with Crippen LogP contribution < -0.4 is 14.9 Å². The van der Waals surface area contributed by atoms with E-state index >= 15 is 0 Å². The van der Waals surface area contributed by atoms with E-state index < -0.39 is 26.6 Å². The van der Waals surface area contributed by atoms with Crippen molar-refractivity contribution in [2.75, 3.05) is 36.4 Å². The predicted octanol–water partition coefficient (Wildman–Crippen LogP) is 1.75. The Hall–Kier alpha value is -2.33. The van der Waals surface area contributed by atoms with Crippen LogP contribution in [0.1, 0.15) is 12.8 Å². The Morgan fingerprint density at radius 1 is 1.08 bits per heavy atom. The lowest BCUT2D eigenvalue weighted by atomic mass is 10.3. The molecule has 1 aliphatic heterocycles. The van der Waals surface area contributed by atoms with E-state index in [0.29, 0.717) is 5.82 Å². The molecule has 2 aromatic rings. The molecular formula is C16H19F2N5O2S. The molecule has 0 aliphatic carbocycles. The molecule has 1 fully saturated rings. The van der Waals surface area contributed by atoms with Crippen molar-refractivity contribution in [2.45, 2.75) is 17.7 Å². The highest BCUT2D eigenvalue weighted by molar-refractivity contribution is 7.89. The van der Waals surface area contributed by atoms with Gasteiger partial charge in [-0.3, -0.25) is 0 Å². The Kier molecular flexibility index (Phi) is 5.62. The molecule has 1 saturated heterocycles. The van der Waals surface area contributed by atoms with Gasteiger partial charge in [-0.15, -0.1) is 0 Å². The van der Waals surface area contributed by atoms with E-state index in [4.69, 9.17) is 0 Å². The first kappa shape index (κ1) is 18.5. The number of rotatable bonds is 7. The minimum Gasteiger partial charge on any atom is -0.369 e. The number of hydrogen-bond acceptors (Lipinski definition) is 6. The lowest BCUT2D eigenvalue weighted by Gasteiger charge is -2.16. The third-order valence-corrected chi connectivity index (χ3v) is 5.51. The van der Waals surface area contributed by atoms with Crippen molar-refractivity contribution in [3.05, 3.63) is 42.2 Å². The van der Waals surface area contributed by atoms with Gasteiger partial charge >= 0.3 is 0 Å². The number of aromatic nitrogens is 2. The van der Waals surface area contributed by atoms with Crippen LogP contribution in [0, 0.1) is 11.6 Å². The lowest BCUT2D eigenvalue weighted by molar-refractivity contribution is 0.514. The second-order valence-electron chi connectivity index (χ2n) is 5.83. The van der Waals surface area contributed by atoms with Crippen LogP contribution in [0.3, 0.4) is 0 Å². The minimum absolute atomic E-state index is 0.0564. The third-order valence-electron chi connectivity index (χ3n) is 3.99. The van der Waals surface area contributed by atoms with Gasteiger partial charge < -0.3 is 10.2 Å². The molecule has 26 heavy (non-hydrogen) atoms. The Labute approximate surface area is 150 Å². The van der Waals surface area contributed by atoms with Crippen LogP contribution in [0.15, 0.2) is 35.5 Å². The van der Waals surface area contributed by atoms with Gasteiger partial charge in [-0.1, -0.05) is 6.07 Å². The Morgan fingerprint density at radius 3 is 2.46 bits per heavy atom. The van der Waals surface area contributed by atoms with Crippen LogP contribution in [-0.4, -0.2) is 44.6 Å². The molecule has 0 saturated carbocycles. The average molecular weight is 383 g/mol. The first-order valence-electron chi connectivity index (χ1n) is 8.22. The second kappa shape index (κ2) is 7.92. The molecule has 1 aromatic carbocycles. The van der Waals surface area contributed by atoms with Crippen molar-refractivity contribution < 1.29 is 17.2 Å². The number of hydrogen-bond donors (Lipinski definition) is 2. The molecule has 7 nitrogen and oxygen atoms in total. The van der Waals surface area contributed by atoms with Gasteiger partial charge in [-0.2, -0.15) is 0 Å². The maximum absolute atomic E-state index is 13.6. The molecule has 0 bridgehead atoms. The summed E-state index contributed by atoms with van der Waals surface area (Å²) in [6.45, 7) is 2.04. The molecule has 1 aliphatic rings. The van der Waals surface area contributed by atoms with E-state index in [2.05, 4.69) is 24.9 Å². The zero-order valence-corrected chi connectivity index (χ0v) is 14.8. The highest BCUT2D eigenvalue weighted by Crippen LogP contribution is 2.19. The molecule has 0 unspecified atom stereocenters. The molecular weight excluding hydrogens is 364 g/mol. The number of benzene rings is 1. The normalized spacial score (nSPS) is 14.6. The maximum Gasteiger partial charge on any atom is 0.246 e. The summed E-state index contributed by atoms with van der Waals surface area (Å²) in [6, 6.07) is 4.70. The largest absolute Gasteiger partial charge is 0.369 e. The monoisotopic (exact) mass is 383 g/mol. The number of halogens is 2. The smallest absolute Gasteiger partial charge is 0.246 e. The maximum atomic E-state index is 13.6. The zero-order chi connectivity index (χ0) is 18.6. The molecule has 10 heteroatoms. The Bertz CT molecular complexity index is 852. The first-order valence-corrected chi connectivity index (χ1v) is 9.70. The van der Waals surface area contributed by atoms with Crippen molar-refractivity contribution in [3.8, 4) is 0 Å². The third kappa shape index (κ3) is 4.25. The molecule has 1 aromatic heterocycles. The van der Waals surface area contributed by atoms with Crippen molar-refractivity contribution in [1.29, 1.82) is 0 Å². The number of nitrogens with one attached hydrogen (secondary N) is 2. The molecule has 0 spiro atoms. The topological polar surface area (TPSA) is 87.2 Å². The van der Waals surface area contributed by atoms with Gasteiger partial charge in [0.05, 0.1) is 0 Å². The fourth-order valence-electron chi connectivity index (χ4n) is 2.75. The van der Waals surface area contributed by atoms with Crippen LogP contribution in [0.25, 0.3) is 0 Å². The van der Waals surface area contributed by atoms with Gasteiger partial charge in [0.15, 0.2) is 4.90 Å². The standard InChI is InChI=1S/C16H19F2N5O2S/c17-12-4-3-5-13(18)16(12)26(24,25)22-7-6-19-14-10-15(21-11-20-14)23-8-1-2-9-23/h3-5,10-11,22H,1-2,6-9H2,(H,19,20,21). The van der Waals surface area contributed by atoms with Crippen molar-refractivity contribution >= 4 is 21.7 Å². The zero-order valence-electron chi connectivity index (χ0n) is 14.0. The predicted molar refractivity (Wildman–Crippen MR) is 93.5 cm³/mol. The molecule has 2 heterocycles. The number of nitrogens with zero attached hydrogens (tertiary/aromatic N) is 3. The number of sulfonamides is 1. The fourth-order valence-corrected chi connectivity index (χ4v) is 3.91. The summed E-state index contributed by atoms with van der Waals surface area (Å²) < 4.78 is 53.5. The molecule has 3 rings (SSSR count). The highest BCUT2D eigenvalue weighted by atomic mass is 32.2. The molecule has 140 valence electrons. The SMILES string of the molecule is O=S(=O)(NCCNc1cc(N2CCCC2)ncn1)c1c(F)cccc1F. The van der Waals surface area contributed by atoms with E-state index in [1.807, 2.05) is 0 Å². The summed E-state index contributed by atoms with van der Waals surface area (Å²) in [5.41, 5.74) is 0. The Balaban J connectivity index is 1.56. The van der Waals surface area contributed by atoms with Crippen LogP contribution in [-0.2, 0) is 10.0 Å². The van der Waals surface area contributed by atoms with E-state index in [9.17, 15) is 17.2 Å². The average Bonchev–Trinajstić information content (AvgIpc) is 3.13. The summed E-state index contributed by atoms with van der Waals surface area (Å²) in [5.74, 6) is -0.889.